The quantitative estimate of drug-likeness (QED) is 0.331. The number of rotatable bonds is 6. The molecule has 4 aromatic rings. The minimum atomic E-state index is -0.343. The minimum absolute atomic E-state index is 0.221. The number of carbonyl (C=O) groups excluding carboxylic acids is 1. The Morgan fingerprint density at radius 1 is 1.09 bits per heavy atom. The molecule has 3 aromatic heterocycles. The third-order valence-electron chi connectivity index (χ3n) is 5.94. The van der Waals surface area contributed by atoms with Crippen LogP contribution in [0.4, 0.5) is 11.6 Å². The number of hydrogen-bond acceptors (Lipinski definition) is 8. The molecule has 0 saturated heterocycles. The van der Waals surface area contributed by atoms with E-state index in [2.05, 4.69) is 30.8 Å². The molecule has 0 atom stereocenters. The van der Waals surface area contributed by atoms with Crippen molar-refractivity contribution in [1.29, 1.82) is 5.26 Å². The van der Waals surface area contributed by atoms with Crippen molar-refractivity contribution in [3.63, 3.8) is 0 Å². The predicted molar refractivity (Wildman–Crippen MR) is 129 cm³/mol. The van der Waals surface area contributed by atoms with Gasteiger partial charge in [-0.05, 0) is 62.1 Å². The smallest absolute Gasteiger partial charge is 0.256 e. The van der Waals surface area contributed by atoms with Gasteiger partial charge >= 0.3 is 0 Å². The van der Waals surface area contributed by atoms with Crippen LogP contribution >= 0.6 is 0 Å². The lowest BCUT2D eigenvalue weighted by Crippen LogP contribution is -2.28. The number of aromatic nitrogens is 4. The summed E-state index contributed by atoms with van der Waals surface area (Å²) < 4.78 is 6.12. The molecule has 1 aliphatic rings. The highest BCUT2D eigenvalue weighted by atomic mass is 16.5. The minimum Gasteiger partial charge on any atom is -0.456 e. The summed E-state index contributed by atoms with van der Waals surface area (Å²) in [6.07, 6.45) is 6.15. The lowest BCUT2D eigenvalue weighted by Gasteiger charge is -2.26. The van der Waals surface area contributed by atoms with Gasteiger partial charge in [0, 0.05) is 30.1 Å². The lowest BCUT2D eigenvalue weighted by atomic mass is 9.93. The first kappa shape index (κ1) is 22.3. The van der Waals surface area contributed by atoms with Gasteiger partial charge in [-0.15, -0.1) is 0 Å². The van der Waals surface area contributed by atoms with E-state index in [4.69, 9.17) is 10.00 Å². The third-order valence-corrected chi connectivity index (χ3v) is 5.94. The zero-order valence-electron chi connectivity index (χ0n) is 18.7. The second-order valence-corrected chi connectivity index (χ2v) is 8.38. The fraction of sp³-hybridized carbons (Fsp3) is 0.240. The predicted octanol–water partition coefficient (Wildman–Crippen LogP) is 3.98. The molecular formula is C25H23N7O3. The molecule has 0 unspecified atom stereocenters. The van der Waals surface area contributed by atoms with E-state index in [0.29, 0.717) is 39.9 Å². The first-order chi connectivity index (χ1) is 17.1. The van der Waals surface area contributed by atoms with Crippen molar-refractivity contribution in [1.82, 2.24) is 20.2 Å². The molecule has 1 aromatic carbocycles. The Morgan fingerprint density at radius 3 is 2.63 bits per heavy atom. The molecule has 10 heteroatoms. The van der Waals surface area contributed by atoms with Crippen LogP contribution < -0.4 is 15.4 Å². The molecule has 0 spiro atoms. The van der Waals surface area contributed by atoms with Crippen molar-refractivity contribution in [2.45, 2.75) is 37.8 Å². The van der Waals surface area contributed by atoms with E-state index in [1.807, 2.05) is 6.07 Å². The van der Waals surface area contributed by atoms with Crippen molar-refractivity contribution >= 4 is 28.6 Å². The number of aliphatic hydroxyl groups is 1. The number of H-pyrrole nitrogens is 1. The van der Waals surface area contributed by atoms with Gasteiger partial charge in [-0.3, -0.25) is 9.89 Å². The molecule has 5 rings (SSSR count). The van der Waals surface area contributed by atoms with E-state index in [9.17, 15) is 9.90 Å². The average Bonchev–Trinajstić information content (AvgIpc) is 3.29. The van der Waals surface area contributed by atoms with Gasteiger partial charge in [0.05, 0.1) is 17.7 Å². The van der Waals surface area contributed by atoms with Crippen molar-refractivity contribution in [3.8, 4) is 17.6 Å². The van der Waals surface area contributed by atoms with Crippen LogP contribution in [0.25, 0.3) is 11.0 Å². The number of carbonyl (C=O) groups is 1. The monoisotopic (exact) mass is 469 g/mol. The number of nitrogens with zero attached hydrogens (tertiary/aromatic N) is 4. The van der Waals surface area contributed by atoms with E-state index in [1.165, 1.54) is 12.3 Å². The molecule has 10 nitrogen and oxygen atoms in total. The van der Waals surface area contributed by atoms with Crippen LogP contribution in [0.1, 0.15) is 41.6 Å². The molecule has 1 amide bonds. The Morgan fingerprint density at radius 2 is 1.86 bits per heavy atom. The lowest BCUT2D eigenvalue weighted by molar-refractivity contribution is 0.102. The van der Waals surface area contributed by atoms with Crippen LogP contribution in [0.15, 0.2) is 54.9 Å². The second-order valence-electron chi connectivity index (χ2n) is 8.38. The van der Waals surface area contributed by atoms with Gasteiger partial charge in [0.2, 0.25) is 0 Å². The van der Waals surface area contributed by atoms with Crippen LogP contribution in [-0.2, 0) is 0 Å². The first-order valence-electron chi connectivity index (χ1n) is 11.3. The molecule has 3 heterocycles. The number of anilines is 2. The Bertz CT molecular complexity index is 1390. The molecule has 35 heavy (non-hydrogen) atoms. The number of aromatic amines is 1. The highest BCUT2D eigenvalue weighted by Crippen LogP contribution is 2.34. The maximum Gasteiger partial charge on any atom is 0.256 e. The average molecular weight is 470 g/mol. The maximum atomic E-state index is 12.6. The van der Waals surface area contributed by atoms with Crippen LogP contribution in [-0.4, -0.2) is 43.3 Å². The van der Waals surface area contributed by atoms with Crippen LogP contribution in [0.3, 0.4) is 0 Å². The van der Waals surface area contributed by atoms with Crippen LogP contribution in [0, 0.1) is 11.3 Å². The number of ether oxygens (including phenoxy) is 1. The van der Waals surface area contributed by atoms with Crippen molar-refractivity contribution in [2.24, 2.45) is 0 Å². The maximum absolute atomic E-state index is 12.6. The summed E-state index contributed by atoms with van der Waals surface area (Å²) in [5.74, 6) is 1.75. The molecule has 0 aliphatic heterocycles. The number of nitriles is 1. The van der Waals surface area contributed by atoms with Gasteiger partial charge in [-0.25, -0.2) is 9.97 Å². The van der Waals surface area contributed by atoms with Crippen molar-refractivity contribution < 1.29 is 14.6 Å². The van der Waals surface area contributed by atoms with Gasteiger partial charge in [0.15, 0.2) is 11.5 Å². The normalized spacial score (nSPS) is 17.5. The Kier molecular flexibility index (Phi) is 6.24. The SMILES string of the molecule is N#Cc1ccnc(NC(=O)c2ccc(Oc3ccnc4[nH]nc(NC5CCC(O)CC5)c34)cc2)c1. The topological polar surface area (TPSA) is 149 Å². The summed E-state index contributed by atoms with van der Waals surface area (Å²) in [5.41, 5.74) is 1.44. The first-order valence-corrected chi connectivity index (χ1v) is 11.3. The van der Waals surface area contributed by atoms with Crippen LogP contribution in [0.2, 0.25) is 0 Å². The standard InChI is InChI=1S/C25H23N7O3/c26-14-15-9-11-27-21(13-15)30-25(34)16-1-7-19(8-2-16)35-20-10-12-28-23-22(20)24(32-31-23)29-17-3-5-18(33)6-4-17/h1-2,7-13,17-18,33H,3-6H2,(H,27,30,34)(H2,28,29,31,32). The highest BCUT2D eigenvalue weighted by molar-refractivity contribution is 6.03. The summed E-state index contributed by atoms with van der Waals surface area (Å²) in [6, 6.07) is 13.8. The number of amides is 1. The molecule has 4 N–H and O–H groups in total. The third kappa shape index (κ3) is 5.05. The van der Waals surface area contributed by atoms with Crippen molar-refractivity contribution in [2.75, 3.05) is 10.6 Å². The van der Waals surface area contributed by atoms with E-state index < -0.39 is 0 Å². The van der Waals surface area contributed by atoms with E-state index in [0.717, 1.165) is 31.1 Å². The van der Waals surface area contributed by atoms with E-state index >= 15 is 0 Å². The number of aliphatic hydroxyl groups excluding tert-OH is 1. The van der Waals surface area contributed by atoms with Gasteiger partial charge in [-0.1, -0.05) is 0 Å². The number of fused-ring (bicyclic) bond motifs is 1. The summed E-state index contributed by atoms with van der Waals surface area (Å²) in [5, 5.41) is 33.0. The number of hydrogen-bond donors (Lipinski definition) is 4. The van der Waals surface area contributed by atoms with E-state index in [1.54, 1.807) is 42.6 Å². The summed E-state index contributed by atoms with van der Waals surface area (Å²) in [6.45, 7) is 0. The van der Waals surface area contributed by atoms with Gasteiger partial charge in [-0.2, -0.15) is 10.4 Å². The molecular weight excluding hydrogens is 446 g/mol. The van der Waals surface area contributed by atoms with Crippen LogP contribution in [0.5, 0.6) is 11.5 Å². The summed E-state index contributed by atoms with van der Waals surface area (Å²) in [4.78, 5) is 21.0. The number of pyridine rings is 2. The Balaban J connectivity index is 1.30. The van der Waals surface area contributed by atoms with Gasteiger partial charge in [0.25, 0.3) is 5.91 Å². The Labute approximate surface area is 201 Å². The number of nitrogens with one attached hydrogen (secondary N) is 3. The van der Waals surface area contributed by atoms with E-state index in [-0.39, 0.29) is 18.1 Å². The molecule has 1 fully saturated rings. The fourth-order valence-electron chi connectivity index (χ4n) is 4.08. The zero-order chi connectivity index (χ0) is 24.2. The van der Waals surface area contributed by atoms with Crippen molar-refractivity contribution in [3.05, 3.63) is 66.0 Å². The second kappa shape index (κ2) is 9.79. The summed E-state index contributed by atoms with van der Waals surface area (Å²) in [7, 11) is 0. The molecule has 0 bridgehead atoms. The highest BCUT2D eigenvalue weighted by Gasteiger charge is 2.22. The molecule has 176 valence electrons. The zero-order valence-corrected chi connectivity index (χ0v) is 18.7. The summed E-state index contributed by atoms with van der Waals surface area (Å²) >= 11 is 0. The van der Waals surface area contributed by atoms with Gasteiger partial charge < -0.3 is 20.5 Å². The van der Waals surface area contributed by atoms with Gasteiger partial charge in [0.1, 0.15) is 22.7 Å². The largest absolute Gasteiger partial charge is 0.456 e. The number of benzene rings is 1. The molecule has 1 saturated carbocycles. The fourth-order valence-corrected chi connectivity index (χ4v) is 4.08. The Hall–Kier alpha value is -4.49. The molecule has 0 radical (unpaired) electrons. The molecule has 1 aliphatic carbocycles.